The van der Waals surface area contributed by atoms with Gasteiger partial charge in [0.15, 0.2) is 10.2 Å². The topological polar surface area (TPSA) is 54.0 Å². The third kappa shape index (κ3) is 5.61. The molecule has 2 N–H and O–H groups in total. The third-order valence-electron chi connectivity index (χ3n) is 4.73. The average molecular weight is 426 g/mol. The van der Waals surface area contributed by atoms with E-state index in [1.165, 1.54) is 35.3 Å². The van der Waals surface area contributed by atoms with Gasteiger partial charge in [0.2, 0.25) is 0 Å². The molecule has 0 aliphatic carbocycles. The molecule has 0 spiro atoms. The number of nitrogens with zero attached hydrogens (tertiary/aromatic N) is 1. The van der Waals surface area contributed by atoms with E-state index in [0.717, 1.165) is 16.6 Å². The zero-order chi connectivity index (χ0) is 21.0. The Hall–Kier alpha value is -2.31. The maximum absolute atomic E-state index is 12.5. The molecule has 0 bridgehead atoms. The smallest absolute Gasteiger partial charge is 0.257 e. The summed E-state index contributed by atoms with van der Waals surface area (Å²) in [6, 6.07) is 14.0. The molecule has 0 saturated heterocycles. The lowest BCUT2D eigenvalue weighted by Crippen LogP contribution is -2.34. The first-order valence-corrected chi connectivity index (χ1v) is 11.1. The maximum Gasteiger partial charge on any atom is 0.257 e. The summed E-state index contributed by atoms with van der Waals surface area (Å²) >= 11 is 6.85. The summed E-state index contributed by atoms with van der Waals surface area (Å²) in [5.41, 5.74) is 4.07. The SMILES string of the molecule is CCCCc1ccc2nc(NC(=S)NC(=O)c3ccc(C(C)(C)C)cc3)sc2c1. The Kier molecular flexibility index (Phi) is 6.65. The van der Waals surface area contributed by atoms with Crippen LogP contribution in [0.5, 0.6) is 0 Å². The normalized spacial score (nSPS) is 11.4. The van der Waals surface area contributed by atoms with Gasteiger partial charge in [-0.15, -0.1) is 0 Å². The molecule has 0 radical (unpaired) electrons. The number of carbonyl (C=O) groups excluding carboxylic acids is 1. The van der Waals surface area contributed by atoms with Crippen LogP contribution in [0.2, 0.25) is 0 Å². The molecule has 3 rings (SSSR count). The number of aromatic nitrogens is 1. The van der Waals surface area contributed by atoms with Crippen molar-refractivity contribution in [2.75, 3.05) is 5.32 Å². The minimum absolute atomic E-state index is 0.0507. The zero-order valence-corrected chi connectivity index (χ0v) is 19.0. The van der Waals surface area contributed by atoms with Gasteiger partial charge in [0.25, 0.3) is 5.91 Å². The van der Waals surface area contributed by atoms with Gasteiger partial charge in [-0.25, -0.2) is 4.98 Å². The van der Waals surface area contributed by atoms with Gasteiger partial charge >= 0.3 is 0 Å². The Labute approximate surface area is 181 Å². The number of unbranched alkanes of at least 4 members (excludes halogenated alkanes) is 1. The second-order valence-electron chi connectivity index (χ2n) is 8.16. The van der Waals surface area contributed by atoms with Gasteiger partial charge in [-0.05, 0) is 65.9 Å². The van der Waals surface area contributed by atoms with Crippen LogP contribution in [-0.2, 0) is 11.8 Å². The number of fused-ring (bicyclic) bond motifs is 1. The van der Waals surface area contributed by atoms with Gasteiger partial charge < -0.3 is 5.32 Å². The van der Waals surface area contributed by atoms with E-state index in [4.69, 9.17) is 12.2 Å². The minimum Gasteiger partial charge on any atom is -0.308 e. The number of amides is 1. The summed E-state index contributed by atoms with van der Waals surface area (Å²) in [5, 5.41) is 6.70. The minimum atomic E-state index is -0.231. The number of hydrogen-bond acceptors (Lipinski definition) is 4. The number of nitrogens with one attached hydrogen (secondary N) is 2. The summed E-state index contributed by atoms with van der Waals surface area (Å²) in [6.07, 6.45) is 3.44. The highest BCUT2D eigenvalue weighted by Crippen LogP contribution is 2.27. The second-order valence-corrected chi connectivity index (χ2v) is 9.60. The van der Waals surface area contributed by atoms with Crippen molar-refractivity contribution in [2.45, 2.75) is 52.4 Å². The molecule has 29 heavy (non-hydrogen) atoms. The molecule has 6 heteroatoms. The molecule has 0 fully saturated rings. The molecule has 1 heterocycles. The molecule has 1 amide bonds. The van der Waals surface area contributed by atoms with Crippen molar-refractivity contribution < 1.29 is 4.79 Å². The first kappa shape index (κ1) is 21.4. The maximum atomic E-state index is 12.5. The molecule has 3 aromatic rings. The van der Waals surface area contributed by atoms with Crippen molar-refractivity contribution in [2.24, 2.45) is 0 Å². The second kappa shape index (κ2) is 9.01. The van der Waals surface area contributed by atoms with Crippen molar-refractivity contribution >= 4 is 49.9 Å². The quantitative estimate of drug-likeness (QED) is 0.488. The first-order valence-electron chi connectivity index (χ1n) is 9.88. The van der Waals surface area contributed by atoms with Crippen molar-refractivity contribution in [3.8, 4) is 0 Å². The summed E-state index contributed by atoms with van der Waals surface area (Å²) in [5.74, 6) is -0.231. The lowest BCUT2D eigenvalue weighted by Gasteiger charge is -2.19. The van der Waals surface area contributed by atoms with Crippen LogP contribution in [0.3, 0.4) is 0 Å². The number of hydrogen-bond donors (Lipinski definition) is 2. The van der Waals surface area contributed by atoms with Crippen molar-refractivity contribution in [1.82, 2.24) is 10.3 Å². The number of thiocarbonyl (C=S) groups is 1. The molecule has 0 aliphatic heterocycles. The predicted octanol–water partition coefficient (Wildman–Crippen LogP) is 6.06. The predicted molar refractivity (Wildman–Crippen MR) is 127 cm³/mol. The van der Waals surface area contributed by atoms with Crippen molar-refractivity contribution in [3.63, 3.8) is 0 Å². The Balaban J connectivity index is 1.63. The average Bonchev–Trinajstić information content (AvgIpc) is 3.06. The largest absolute Gasteiger partial charge is 0.308 e. The standard InChI is InChI=1S/C23H27N3OS2/c1-5-6-7-15-8-13-18-19(14-15)29-22(24-18)26-21(28)25-20(27)16-9-11-17(12-10-16)23(2,3)4/h8-14H,5-7H2,1-4H3,(H2,24,25,26,27,28). The molecule has 152 valence electrons. The Morgan fingerprint density at radius 2 is 1.86 bits per heavy atom. The van der Waals surface area contributed by atoms with E-state index < -0.39 is 0 Å². The van der Waals surface area contributed by atoms with E-state index >= 15 is 0 Å². The number of anilines is 1. The van der Waals surface area contributed by atoms with Gasteiger partial charge in [-0.3, -0.25) is 10.1 Å². The van der Waals surface area contributed by atoms with Crippen LogP contribution < -0.4 is 10.6 Å². The monoisotopic (exact) mass is 425 g/mol. The number of thiazole rings is 1. The molecule has 2 aromatic carbocycles. The van der Waals surface area contributed by atoms with E-state index in [9.17, 15) is 4.79 Å². The molecule has 0 saturated carbocycles. The number of aryl methyl sites for hydroxylation is 1. The Bertz CT molecular complexity index is 1020. The lowest BCUT2D eigenvalue weighted by atomic mass is 9.87. The summed E-state index contributed by atoms with van der Waals surface area (Å²) in [7, 11) is 0. The van der Waals surface area contributed by atoms with Crippen LogP contribution in [-0.4, -0.2) is 16.0 Å². The van der Waals surface area contributed by atoms with Gasteiger partial charge in [0.1, 0.15) is 0 Å². The summed E-state index contributed by atoms with van der Waals surface area (Å²) < 4.78 is 1.12. The van der Waals surface area contributed by atoms with E-state index in [-0.39, 0.29) is 16.4 Å². The highest BCUT2D eigenvalue weighted by Gasteiger charge is 2.15. The summed E-state index contributed by atoms with van der Waals surface area (Å²) in [4.78, 5) is 17.0. The van der Waals surface area contributed by atoms with Gasteiger partial charge in [-0.2, -0.15) is 0 Å². The molecule has 1 aromatic heterocycles. The van der Waals surface area contributed by atoms with Crippen LogP contribution in [0.25, 0.3) is 10.2 Å². The van der Waals surface area contributed by atoms with E-state index in [2.05, 4.69) is 55.4 Å². The summed E-state index contributed by atoms with van der Waals surface area (Å²) in [6.45, 7) is 8.63. The van der Waals surface area contributed by atoms with Crippen molar-refractivity contribution in [3.05, 3.63) is 59.2 Å². The Morgan fingerprint density at radius 1 is 1.14 bits per heavy atom. The number of benzene rings is 2. The highest BCUT2D eigenvalue weighted by atomic mass is 32.1. The third-order valence-corrected chi connectivity index (χ3v) is 5.87. The molecular formula is C23H27N3OS2. The van der Waals surface area contributed by atoms with E-state index in [1.807, 2.05) is 30.3 Å². The van der Waals surface area contributed by atoms with Crippen LogP contribution in [0.4, 0.5) is 5.13 Å². The number of carbonyl (C=O) groups is 1. The van der Waals surface area contributed by atoms with Gasteiger partial charge in [0.05, 0.1) is 10.2 Å². The zero-order valence-electron chi connectivity index (χ0n) is 17.3. The van der Waals surface area contributed by atoms with Gasteiger partial charge in [-0.1, -0.05) is 63.7 Å². The van der Waals surface area contributed by atoms with Gasteiger partial charge in [0, 0.05) is 5.56 Å². The Morgan fingerprint density at radius 3 is 2.52 bits per heavy atom. The van der Waals surface area contributed by atoms with Crippen LogP contribution >= 0.6 is 23.6 Å². The fraction of sp³-hybridized carbons (Fsp3) is 0.348. The molecule has 0 aliphatic rings. The molecule has 0 atom stereocenters. The molecule has 0 unspecified atom stereocenters. The lowest BCUT2D eigenvalue weighted by molar-refractivity contribution is 0.0977. The van der Waals surface area contributed by atoms with Crippen molar-refractivity contribution in [1.29, 1.82) is 0 Å². The van der Waals surface area contributed by atoms with E-state index in [1.54, 1.807) is 0 Å². The highest BCUT2D eigenvalue weighted by molar-refractivity contribution is 7.80. The molecular weight excluding hydrogens is 398 g/mol. The van der Waals surface area contributed by atoms with Crippen LogP contribution in [0.1, 0.15) is 62.0 Å². The molecule has 4 nitrogen and oxygen atoms in total. The fourth-order valence-electron chi connectivity index (χ4n) is 2.98. The first-order chi connectivity index (χ1) is 13.8. The van der Waals surface area contributed by atoms with Crippen LogP contribution in [0, 0.1) is 0 Å². The van der Waals surface area contributed by atoms with E-state index in [0.29, 0.717) is 10.7 Å². The number of rotatable bonds is 5. The fourth-order valence-corrected chi connectivity index (χ4v) is 4.17. The van der Waals surface area contributed by atoms with Crippen LogP contribution in [0.15, 0.2) is 42.5 Å².